The minimum Gasteiger partial charge on any atom is -0.420 e. The minimum atomic E-state index is -0.117. The normalized spacial score (nSPS) is 11.8. The SMILES string of the molecule is Cc1cc(Br)ccc1-c1nnc(C(C)(C)C)o1. The lowest BCUT2D eigenvalue weighted by Gasteiger charge is -2.11. The summed E-state index contributed by atoms with van der Waals surface area (Å²) in [5.41, 5.74) is 1.98. The fraction of sp³-hybridized carbons (Fsp3) is 0.385. The molecule has 0 aliphatic heterocycles. The van der Waals surface area contributed by atoms with E-state index in [1.165, 1.54) is 0 Å². The molecule has 2 rings (SSSR count). The van der Waals surface area contributed by atoms with E-state index in [4.69, 9.17) is 4.42 Å². The molecule has 0 saturated heterocycles. The van der Waals surface area contributed by atoms with Gasteiger partial charge in [-0.1, -0.05) is 36.7 Å². The Labute approximate surface area is 109 Å². The van der Waals surface area contributed by atoms with Gasteiger partial charge in [-0.05, 0) is 30.7 Å². The first-order valence-corrected chi connectivity index (χ1v) is 6.28. The van der Waals surface area contributed by atoms with Crippen LogP contribution in [0.2, 0.25) is 0 Å². The predicted octanol–water partition coefficient (Wildman–Crippen LogP) is 4.11. The van der Waals surface area contributed by atoms with Crippen molar-refractivity contribution in [3.63, 3.8) is 0 Å². The standard InChI is InChI=1S/C13H15BrN2O/c1-8-7-9(14)5-6-10(8)11-15-16-12(17-11)13(2,3)4/h5-7H,1-4H3. The maximum atomic E-state index is 5.72. The number of benzene rings is 1. The zero-order valence-electron chi connectivity index (χ0n) is 10.4. The van der Waals surface area contributed by atoms with Crippen LogP contribution in [-0.2, 0) is 5.41 Å². The summed E-state index contributed by atoms with van der Waals surface area (Å²) in [5.74, 6) is 1.25. The van der Waals surface area contributed by atoms with Crippen molar-refractivity contribution in [1.82, 2.24) is 10.2 Å². The van der Waals surface area contributed by atoms with Crippen LogP contribution in [0.15, 0.2) is 27.1 Å². The molecular formula is C13H15BrN2O. The van der Waals surface area contributed by atoms with E-state index in [0.29, 0.717) is 11.8 Å². The van der Waals surface area contributed by atoms with Crippen LogP contribution in [0.1, 0.15) is 32.2 Å². The number of rotatable bonds is 1. The lowest BCUT2D eigenvalue weighted by atomic mass is 9.97. The molecule has 0 radical (unpaired) electrons. The molecule has 17 heavy (non-hydrogen) atoms. The summed E-state index contributed by atoms with van der Waals surface area (Å²) in [6.45, 7) is 8.19. The van der Waals surface area contributed by atoms with Crippen molar-refractivity contribution in [3.8, 4) is 11.5 Å². The van der Waals surface area contributed by atoms with E-state index >= 15 is 0 Å². The summed E-state index contributed by atoms with van der Waals surface area (Å²) < 4.78 is 6.77. The summed E-state index contributed by atoms with van der Waals surface area (Å²) in [4.78, 5) is 0. The monoisotopic (exact) mass is 294 g/mol. The van der Waals surface area contributed by atoms with E-state index in [2.05, 4.69) is 46.9 Å². The Balaban J connectivity index is 2.44. The number of hydrogen-bond acceptors (Lipinski definition) is 3. The molecule has 0 spiro atoms. The van der Waals surface area contributed by atoms with Gasteiger partial charge in [-0.2, -0.15) is 0 Å². The van der Waals surface area contributed by atoms with Crippen LogP contribution in [0.4, 0.5) is 0 Å². The van der Waals surface area contributed by atoms with Crippen molar-refractivity contribution in [2.45, 2.75) is 33.1 Å². The number of aromatic nitrogens is 2. The Morgan fingerprint density at radius 3 is 2.41 bits per heavy atom. The van der Waals surface area contributed by atoms with Crippen molar-refractivity contribution in [3.05, 3.63) is 34.1 Å². The lowest BCUT2D eigenvalue weighted by molar-refractivity contribution is 0.399. The molecule has 2 aromatic rings. The van der Waals surface area contributed by atoms with E-state index in [9.17, 15) is 0 Å². The fourth-order valence-corrected chi connectivity index (χ4v) is 1.98. The van der Waals surface area contributed by atoms with Gasteiger partial charge in [0.25, 0.3) is 0 Å². The van der Waals surface area contributed by atoms with Gasteiger partial charge in [-0.25, -0.2) is 0 Å². The van der Waals surface area contributed by atoms with Crippen LogP contribution < -0.4 is 0 Å². The molecule has 0 amide bonds. The van der Waals surface area contributed by atoms with Crippen LogP contribution in [0.3, 0.4) is 0 Å². The fourth-order valence-electron chi connectivity index (χ4n) is 1.50. The average Bonchev–Trinajstić information content (AvgIpc) is 2.65. The summed E-state index contributed by atoms with van der Waals surface area (Å²) >= 11 is 3.44. The van der Waals surface area contributed by atoms with Gasteiger partial charge in [0.05, 0.1) is 0 Å². The molecule has 1 aromatic carbocycles. The number of halogens is 1. The van der Waals surface area contributed by atoms with Crippen molar-refractivity contribution in [2.24, 2.45) is 0 Å². The summed E-state index contributed by atoms with van der Waals surface area (Å²) in [6.07, 6.45) is 0. The molecule has 0 aliphatic carbocycles. The summed E-state index contributed by atoms with van der Waals surface area (Å²) in [6, 6.07) is 6.00. The van der Waals surface area contributed by atoms with E-state index < -0.39 is 0 Å². The largest absolute Gasteiger partial charge is 0.420 e. The van der Waals surface area contributed by atoms with E-state index in [0.717, 1.165) is 15.6 Å². The highest BCUT2D eigenvalue weighted by Crippen LogP contribution is 2.28. The van der Waals surface area contributed by atoms with Crippen LogP contribution in [0.5, 0.6) is 0 Å². The maximum absolute atomic E-state index is 5.72. The minimum absolute atomic E-state index is 0.117. The van der Waals surface area contributed by atoms with E-state index in [-0.39, 0.29) is 5.41 Å². The van der Waals surface area contributed by atoms with Gasteiger partial charge >= 0.3 is 0 Å². The lowest BCUT2D eigenvalue weighted by Crippen LogP contribution is -2.11. The molecule has 0 saturated carbocycles. The van der Waals surface area contributed by atoms with Crippen LogP contribution >= 0.6 is 15.9 Å². The van der Waals surface area contributed by atoms with Gasteiger partial charge in [-0.15, -0.1) is 10.2 Å². The highest BCUT2D eigenvalue weighted by molar-refractivity contribution is 9.10. The first kappa shape index (κ1) is 12.3. The maximum Gasteiger partial charge on any atom is 0.248 e. The van der Waals surface area contributed by atoms with E-state index in [1.807, 2.05) is 25.1 Å². The van der Waals surface area contributed by atoms with E-state index in [1.54, 1.807) is 0 Å². The summed E-state index contributed by atoms with van der Waals surface area (Å²) in [5, 5.41) is 8.21. The topological polar surface area (TPSA) is 38.9 Å². The highest BCUT2D eigenvalue weighted by atomic mass is 79.9. The Kier molecular flexibility index (Phi) is 3.08. The average molecular weight is 295 g/mol. The second kappa shape index (κ2) is 4.26. The second-order valence-corrected chi connectivity index (χ2v) is 6.04. The molecular weight excluding hydrogens is 280 g/mol. The third-order valence-corrected chi connectivity index (χ3v) is 2.98. The van der Waals surface area contributed by atoms with Gasteiger partial charge in [-0.3, -0.25) is 0 Å². The second-order valence-electron chi connectivity index (χ2n) is 5.12. The zero-order chi connectivity index (χ0) is 12.6. The number of aryl methyl sites for hydroxylation is 1. The molecule has 0 aliphatic rings. The molecule has 1 aromatic heterocycles. The van der Waals surface area contributed by atoms with Gasteiger partial charge in [0, 0.05) is 15.5 Å². The molecule has 0 atom stereocenters. The first-order valence-electron chi connectivity index (χ1n) is 5.48. The molecule has 0 N–H and O–H groups in total. The predicted molar refractivity (Wildman–Crippen MR) is 70.9 cm³/mol. The smallest absolute Gasteiger partial charge is 0.248 e. The Hall–Kier alpha value is -1.16. The molecule has 3 nitrogen and oxygen atoms in total. The Morgan fingerprint density at radius 2 is 1.88 bits per heavy atom. The van der Waals surface area contributed by atoms with Crippen molar-refractivity contribution in [1.29, 1.82) is 0 Å². The first-order chi connectivity index (χ1) is 7.88. The number of nitrogens with zero attached hydrogens (tertiary/aromatic N) is 2. The van der Waals surface area contributed by atoms with Crippen LogP contribution in [0, 0.1) is 6.92 Å². The quantitative estimate of drug-likeness (QED) is 0.795. The third-order valence-electron chi connectivity index (χ3n) is 2.49. The molecule has 0 unspecified atom stereocenters. The number of hydrogen-bond donors (Lipinski definition) is 0. The van der Waals surface area contributed by atoms with Gasteiger partial charge < -0.3 is 4.42 Å². The highest BCUT2D eigenvalue weighted by Gasteiger charge is 2.22. The van der Waals surface area contributed by atoms with Crippen molar-refractivity contribution < 1.29 is 4.42 Å². The van der Waals surface area contributed by atoms with Crippen molar-refractivity contribution >= 4 is 15.9 Å². The molecule has 1 heterocycles. The molecule has 90 valence electrons. The van der Waals surface area contributed by atoms with Crippen LogP contribution in [0.25, 0.3) is 11.5 Å². The third kappa shape index (κ3) is 2.57. The molecule has 4 heteroatoms. The van der Waals surface area contributed by atoms with Gasteiger partial charge in [0.15, 0.2) is 0 Å². The van der Waals surface area contributed by atoms with Crippen molar-refractivity contribution in [2.75, 3.05) is 0 Å². The zero-order valence-corrected chi connectivity index (χ0v) is 12.0. The summed E-state index contributed by atoms with van der Waals surface area (Å²) in [7, 11) is 0. The van der Waals surface area contributed by atoms with Gasteiger partial charge in [0.2, 0.25) is 11.8 Å². The molecule has 0 bridgehead atoms. The molecule has 0 fully saturated rings. The van der Waals surface area contributed by atoms with Gasteiger partial charge in [0.1, 0.15) is 0 Å². The Morgan fingerprint density at radius 1 is 1.18 bits per heavy atom. The Bertz CT molecular complexity index is 541. The van der Waals surface area contributed by atoms with Crippen LogP contribution in [-0.4, -0.2) is 10.2 Å².